The van der Waals surface area contributed by atoms with E-state index in [0.29, 0.717) is 17.5 Å². The molecule has 0 N–H and O–H groups in total. The van der Waals surface area contributed by atoms with E-state index in [2.05, 4.69) is 9.97 Å². The van der Waals surface area contributed by atoms with E-state index in [-0.39, 0.29) is 5.78 Å². The largest absolute Gasteiger partial charge is 0.337 e. The van der Waals surface area contributed by atoms with Crippen molar-refractivity contribution in [3.63, 3.8) is 0 Å². The molecule has 0 aliphatic carbocycles. The van der Waals surface area contributed by atoms with Gasteiger partial charge in [-0.15, -0.1) is 0 Å². The Morgan fingerprint density at radius 2 is 1.67 bits per heavy atom. The third kappa shape index (κ3) is 4.38. The van der Waals surface area contributed by atoms with Crippen LogP contribution in [0.2, 0.25) is 0 Å². The second-order valence-electron chi connectivity index (χ2n) is 8.78. The summed E-state index contributed by atoms with van der Waals surface area (Å²) in [5.41, 5.74) is 6.52. The van der Waals surface area contributed by atoms with Crippen molar-refractivity contribution in [2.75, 3.05) is 0 Å². The number of fused-ring (bicyclic) bond motifs is 2. The Bertz CT molecular complexity index is 1650. The molecule has 0 unspecified atom stereocenters. The number of unbranched alkanes of at least 4 members (excludes halogenated alkanes) is 1. The van der Waals surface area contributed by atoms with Crippen molar-refractivity contribution in [2.24, 2.45) is 0 Å². The second-order valence-corrected chi connectivity index (χ2v) is 8.78. The Labute approximate surface area is 208 Å². The number of Topliss-reactive ketones (excluding diaryl/α,β-unsaturated/α-hetero) is 1. The van der Waals surface area contributed by atoms with Gasteiger partial charge in [-0.3, -0.25) is 4.79 Å². The van der Waals surface area contributed by atoms with E-state index < -0.39 is 0 Å². The average Bonchev–Trinajstić information content (AvgIpc) is 3.62. The predicted molar refractivity (Wildman–Crippen MR) is 140 cm³/mol. The van der Waals surface area contributed by atoms with Crippen LogP contribution in [0.15, 0.2) is 98.0 Å². The third-order valence-corrected chi connectivity index (χ3v) is 6.32. The summed E-state index contributed by atoms with van der Waals surface area (Å²) in [6, 6.07) is 19.7. The number of carbonyl (C=O) groups excluding carboxylic acids is 1. The normalized spacial score (nSPS) is 11.3. The van der Waals surface area contributed by atoms with Gasteiger partial charge < -0.3 is 8.97 Å². The number of carbonyl (C=O) groups is 1. The number of aromatic nitrogens is 6. The number of rotatable bonds is 8. The molecule has 0 spiro atoms. The van der Waals surface area contributed by atoms with Crippen LogP contribution in [0.5, 0.6) is 0 Å². The predicted octanol–water partition coefficient (Wildman–Crippen LogP) is 5.86. The molecule has 0 bridgehead atoms. The molecule has 0 aliphatic heterocycles. The molecule has 0 aliphatic rings. The first-order valence-corrected chi connectivity index (χ1v) is 12.0. The van der Waals surface area contributed by atoms with Crippen LogP contribution in [0, 0.1) is 0 Å². The second kappa shape index (κ2) is 9.54. The highest BCUT2D eigenvalue weighted by Gasteiger charge is 2.15. The van der Waals surface area contributed by atoms with Crippen molar-refractivity contribution in [2.45, 2.75) is 25.8 Å². The van der Waals surface area contributed by atoms with Gasteiger partial charge in [0, 0.05) is 60.6 Å². The van der Waals surface area contributed by atoms with Crippen molar-refractivity contribution in [3.8, 4) is 22.5 Å². The average molecular weight is 473 g/mol. The van der Waals surface area contributed by atoms with Crippen LogP contribution in [0.3, 0.4) is 0 Å². The minimum atomic E-state index is 0.123. The number of imidazole rings is 2. The summed E-state index contributed by atoms with van der Waals surface area (Å²) >= 11 is 0. The topological polar surface area (TPSA) is 78.0 Å². The number of pyridine rings is 1. The van der Waals surface area contributed by atoms with Crippen LogP contribution in [-0.4, -0.2) is 34.7 Å². The van der Waals surface area contributed by atoms with Crippen molar-refractivity contribution in [1.29, 1.82) is 0 Å². The molecule has 176 valence electrons. The van der Waals surface area contributed by atoms with E-state index in [1.54, 1.807) is 18.7 Å². The Balaban J connectivity index is 1.34. The maximum Gasteiger partial charge on any atom is 0.162 e. The zero-order valence-electron chi connectivity index (χ0n) is 19.7. The SMILES string of the molecule is O=C(CCCCn1ccnc1)c1ccc2nc(-c3ccccc3)c(-c3ccc4nccn4c3)nc2c1. The standard InChI is InChI=1S/C29H24N6O/c36-26(8-4-5-15-34-16-13-30-20-34)22-9-11-24-25(18-22)33-29(28(32-24)21-6-2-1-3-7-21)23-10-12-27-31-14-17-35(27)19-23/h1-3,6-7,9-14,16-20H,4-5,8,15H2. The van der Waals surface area contributed by atoms with E-state index in [9.17, 15) is 4.79 Å². The smallest absolute Gasteiger partial charge is 0.162 e. The molecule has 2 aromatic carbocycles. The van der Waals surface area contributed by atoms with Gasteiger partial charge in [0.25, 0.3) is 0 Å². The van der Waals surface area contributed by atoms with Crippen LogP contribution in [0.25, 0.3) is 39.2 Å². The Morgan fingerprint density at radius 1 is 0.806 bits per heavy atom. The van der Waals surface area contributed by atoms with E-state index in [0.717, 1.165) is 53.1 Å². The number of hydrogen-bond donors (Lipinski definition) is 0. The lowest BCUT2D eigenvalue weighted by molar-refractivity contribution is 0.0979. The summed E-state index contributed by atoms with van der Waals surface area (Å²) in [5.74, 6) is 0.123. The van der Waals surface area contributed by atoms with Gasteiger partial charge in [0.05, 0.1) is 28.7 Å². The van der Waals surface area contributed by atoms with Crippen molar-refractivity contribution in [3.05, 3.63) is 104 Å². The van der Waals surface area contributed by atoms with Gasteiger partial charge in [0.2, 0.25) is 0 Å². The molecular formula is C29H24N6O. The number of aryl methyl sites for hydroxylation is 1. The van der Waals surface area contributed by atoms with E-state index in [4.69, 9.17) is 9.97 Å². The van der Waals surface area contributed by atoms with Gasteiger partial charge in [-0.25, -0.2) is 19.9 Å². The zero-order valence-corrected chi connectivity index (χ0v) is 19.7. The highest BCUT2D eigenvalue weighted by molar-refractivity contribution is 5.99. The van der Waals surface area contributed by atoms with Crippen molar-refractivity contribution in [1.82, 2.24) is 28.9 Å². The van der Waals surface area contributed by atoms with Gasteiger partial charge in [-0.1, -0.05) is 30.3 Å². The molecule has 0 saturated carbocycles. The number of benzene rings is 2. The first-order valence-electron chi connectivity index (χ1n) is 12.0. The maximum atomic E-state index is 12.9. The number of hydrogen-bond acceptors (Lipinski definition) is 5. The lowest BCUT2D eigenvalue weighted by Crippen LogP contribution is -2.02. The lowest BCUT2D eigenvalue weighted by Gasteiger charge is -2.12. The van der Waals surface area contributed by atoms with Gasteiger partial charge in [-0.2, -0.15) is 0 Å². The minimum Gasteiger partial charge on any atom is -0.337 e. The molecule has 0 saturated heterocycles. The van der Waals surface area contributed by atoms with E-state index in [1.807, 2.05) is 88.2 Å². The Hall–Kier alpha value is -4.65. The molecule has 0 fully saturated rings. The number of nitrogens with zero attached hydrogens (tertiary/aromatic N) is 6. The first kappa shape index (κ1) is 21.9. The molecule has 7 heteroatoms. The quantitative estimate of drug-likeness (QED) is 0.205. The highest BCUT2D eigenvalue weighted by atomic mass is 16.1. The molecule has 6 aromatic rings. The summed E-state index contributed by atoms with van der Waals surface area (Å²) in [6.45, 7) is 0.864. The minimum absolute atomic E-state index is 0.123. The van der Waals surface area contributed by atoms with Crippen LogP contribution >= 0.6 is 0 Å². The van der Waals surface area contributed by atoms with Crippen molar-refractivity contribution >= 4 is 22.5 Å². The molecule has 0 radical (unpaired) electrons. The lowest BCUT2D eigenvalue weighted by atomic mass is 10.0. The summed E-state index contributed by atoms with van der Waals surface area (Å²) in [5, 5.41) is 0. The highest BCUT2D eigenvalue weighted by Crippen LogP contribution is 2.31. The first-order chi connectivity index (χ1) is 17.7. The number of ketones is 1. The zero-order chi connectivity index (χ0) is 24.3. The molecule has 6 rings (SSSR count). The maximum absolute atomic E-state index is 12.9. The summed E-state index contributed by atoms with van der Waals surface area (Å²) in [4.78, 5) is 31.3. The molecule has 36 heavy (non-hydrogen) atoms. The van der Waals surface area contributed by atoms with Crippen molar-refractivity contribution < 1.29 is 4.79 Å². The fourth-order valence-electron chi connectivity index (χ4n) is 4.43. The van der Waals surface area contributed by atoms with Crippen LogP contribution < -0.4 is 0 Å². The van der Waals surface area contributed by atoms with Gasteiger partial charge in [0.15, 0.2) is 5.78 Å². The monoisotopic (exact) mass is 472 g/mol. The molecular weight excluding hydrogens is 448 g/mol. The summed E-state index contributed by atoms with van der Waals surface area (Å²) < 4.78 is 4.00. The fourth-order valence-corrected chi connectivity index (χ4v) is 4.43. The molecule has 4 heterocycles. The molecule has 7 nitrogen and oxygen atoms in total. The van der Waals surface area contributed by atoms with Crippen LogP contribution in [-0.2, 0) is 6.54 Å². The third-order valence-electron chi connectivity index (χ3n) is 6.32. The Kier molecular flexibility index (Phi) is 5.79. The van der Waals surface area contributed by atoms with Gasteiger partial charge in [-0.05, 0) is 43.2 Å². The Morgan fingerprint density at radius 3 is 2.53 bits per heavy atom. The summed E-state index contributed by atoms with van der Waals surface area (Å²) in [7, 11) is 0. The molecule has 0 amide bonds. The fraction of sp³-hybridized carbons (Fsp3) is 0.138. The van der Waals surface area contributed by atoms with E-state index >= 15 is 0 Å². The van der Waals surface area contributed by atoms with Crippen LogP contribution in [0.1, 0.15) is 29.6 Å². The summed E-state index contributed by atoms with van der Waals surface area (Å²) in [6.07, 6.45) is 13.5. The van der Waals surface area contributed by atoms with Gasteiger partial charge >= 0.3 is 0 Å². The van der Waals surface area contributed by atoms with Gasteiger partial charge in [0.1, 0.15) is 5.65 Å². The molecule has 0 atom stereocenters. The molecule has 4 aromatic heterocycles. The van der Waals surface area contributed by atoms with E-state index in [1.165, 1.54) is 0 Å². The van der Waals surface area contributed by atoms with Crippen LogP contribution in [0.4, 0.5) is 0 Å².